The van der Waals surface area contributed by atoms with E-state index in [1.54, 1.807) is 0 Å². The van der Waals surface area contributed by atoms with Crippen molar-refractivity contribution >= 4 is 18.0 Å². The Morgan fingerprint density at radius 3 is 2.20 bits per heavy atom. The quantitative estimate of drug-likeness (QED) is 0.517. The molecular formula is C28H32N2O5. The highest BCUT2D eigenvalue weighted by Gasteiger charge is 2.47. The van der Waals surface area contributed by atoms with Gasteiger partial charge in [-0.3, -0.25) is 9.59 Å². The number of hydrogen-bond donors (Lipinski definition) is 3. The largest absolute Gasteiger partial charge is 0.481 e. The van der Waals surface area contributed by atoms with Gasteiger partial charge in [0.1, 0.15) is 6.61 Å². The fourth-order valence-electron chi connectivity index (χ4n) is 5.78. The smallest absolute Gasteiger partial charge is 0.407 e. The highest BCUT2D eigenvalue weighted by Crippen LogP contribution is 2.45. The summed E-state index contributed by atoms with van der Waals surface area (Å²) in [4.78, 5) is 36.6. The monoisotopic (exact) mass is 476 g/mol. The molecule has 0 radical (unpaired) electrons. The van der Waals surface area contributed by atoms with E-state index in [-0.39, 0.29) is 43.2 Å². The van der Waals surface area contributed by atoms with Gasteiger partial charge in [-0.1, -0.05) is 61.4 Å². The number of alkyl carbamates (subject to hydrolysis) is 1. The Kier molecular flexibility index (Phi) is 6.50. The number of nitrogens with one attached hydrogen (secondary N) is 2. The zero-order valence-corrected chi connectivity index (χ0v) is 19.8. The van der Waals surface area contributed by atoms with Crippen molar-refractivity contribution in [2.75, 3.05) is 6.61 Å². The number of ether oxygens (including phenoxy) is 1. The molecular weight excluding hydrogens is 444 g/mol. The van der Waals surface area contributed by atoms with Crippen LogP contribution in [-0.4, -0.2) is 41.3 Å². The first kappa shape index (κ1) is 23.4. The number of carboxylic acid groups (broad SMARTS) is 1. The maximum Gasteiger partial charge on any atom is 0.407 e. The Bertz CT molecular complexity index is 1080. The van der Waals surface area contributed by atoms with Crippen LogP contribution in [0.5, 0.6) is 0 Å². The molecule has 0 spiro atoms. The third kappa shape index (κ3) is 5.19. The molecule has 5 rings (SSSR count). The van der Waals surface area contributed by atoms with Gasteiger partial charge in [0.05, 0.1) is 12.0 Å². The second-order valence-electron chi connectivity index (χ2n) is 10.2. The van der Waals surface area contributed by atoms with E-state index in [1.807, 2.05) is 24.3 Å². The Labute approximate surface area is 205 Å². The molecule has 2 aromatic rings. The fourth-order valence-corrected chi connectivity index (χ4v) is 5.78. The van der Waals surface area contributed by atoms with Crippen molar-refractivity contribution < 1.29 is 24.2 Å². The van der Waals surface area contributed by atoms with Gasteiger partial charge in [-0.2, -0.15) is 0 Å². The van der Waals surface area contributed by atoms with E-state index in [9.17, 15) is 19.5 Å². The number of amides is 2. The third-order valence-corrected chi connectivity index (χ3v) is 7.76. The van der Waals surface area contributed by atoms with Crippen LogP contribution in [0, 0.1) is 5.92 Å². The topological polar surface area (TPSA) is 105 Å². The van der Waals surface area contributed by atoms with E-state index in [1.165, 1.54) is 11.1 Å². The summed E-state index contributed by atoms with van der Waals surface area (Å²) in [6, 6.07) is 16.3. The lowest BCUT2D eigenvalue weighted by molar-refractivity contribution is -0.139. The molecule has 0 heterocycles. The summed E-state index contributed by atoms with van der Waals surface area (Å²) in [5.74, 6) is -1.00. The number of hydrogen-bond acceptors (Lipinski definition) is 4. The van der Waals surface area contributed by atoms with Crippen LogP contribution in [0.25, 0.3) is 11.1 Å². The van der Waals surface area contributed by atoms with E-state index < -0.39 is 17.6 Å². The van der Waals surface area contributed by atoms with Crippen LogP contribution in [0.4, 0.5) is 4.79 Å². The average Bonchev–Trinajstić information content (AvgIpc) is 3.50. The normalized spacial score (nSPS) is 21.9. The molecule has 7 nitrogen and oxygen atoms in total. The maximum atomic E-state index is 12.8. The van der Waals surface area contributed by atoms with E-state index in [4.69, 9.17) is 4.74 Å². The number of aliphatic carboxylic acids is 1. The molecule has 3 N–H and O–H groups in total. The average molecular weight is 477 g/mol. The summed E-state index contributed by atoms with van der Waals surface area (Å²) < 4.78 is 5.66. The molecule has 0 aliphatic heterocycles. The van der Waals surface area contributed by atoms with Crippen molar-refractivity contribution in [3.05, 3.63) is 59.7 Å². The molecule has 184 valence electrons. The van der Waals surface area contributed by atoms with Crippen molar-refractivity contribution in [2.45, 2.75) is 68.9 Å². The summed E-state index contributed by atoms with van der Waals surface area (Å²) in [5.41, 5.74) is 4.10. The molecule has 0 saturated heterocycles. The minimum atomic E-state index is -0.827. The molecule has 3 aliphatic carbocycles. The predicted molar refractivity (Wildman–Crippen MR) is 131 cm³/mol. The highest BCUT2D eigenvalue weighted by atomic mass is 16.5. The second kappa shape index (κ2) is 9.72. The lowest BCUT2D eigenvalue weighted by Crippen LogP contribution is -2.46. The lowest BCUT2D eigenvalue weighted by Gasteiger charge is -2.31. The summed E-state index contributed by atoms with van der Waals surface area (Å²) in [6.45, 7) is 0.237. The number of carbonyl (C=O) groups is 3. The summed E-state index contributed by atoms with van der Waals surface area (Å²) in [7, 11) is 0. The van der Waals surface area contributed by atoms with Crippen LogP contribution in [0.3, 0.4) is 0 Å². The summed E-state index contributed by atoms with van der Waals surface area (Å²) in [5, 5.41) is 15.2. The van der Waals surface area contributed by atoms with Crippen LogP contribution in [0.15, 0.2) is 48.5 Å². The van der Waals surface area contributed by atoms with Crippen molar-refractivity contribution in [1.29, 1.82) is 0 Å². The molecule has 0 unspecified atom stereocenters. The van der Waals surface area contributed by atoms with Crippen molar-refractivity contribution in [3.63, 3.8) is 0 Å². The van der Waals surface area contributed by atoms with Crippen LogP contribution >= 0.6 is 0 Å². The zero-order valence-electron chi connectivity index (χ0n) is 19.8. The SMILES string of the molecule is O=C(O)C[C@H]1CCCC[C@H]1NC(=O)CC1(NC(=O)OCC2c3ccccc3-c3ccccc32)CC1. The Morgan fingerprint density at radius 1 is 0.943 bits per heavy atom. The van der Waals surface area contributed by atoms with Crippen molar-refractivity contribution in [2.24, 2.45) is 5.92 Å². The van der Waals surface area contributed by atoms with Gasteiger partial charge in [0.25, 0.3) is 0 Å². The first-order valence-corrected chi connectivity index (χ1v) is 12.6. The van der Waals surface area contributed by atoms with Gasteiger partial charge in [0, 0.05) is 18.4 Å². The van der Waals surface area contributed by atoms with Crippen molar-refractivity contribution in [3.8, 4) is 11.1 Å². The van der Waals surface area contributed by atoms with Gasteiger partial charge in [-0.05, 0) is 53.9 Å². The predicted octanol–water partition coefficient (Wildman–Crippen LogP) is 4.60. The van der Waals surface area contributed by atoms with E-state index >= 15 is 0 Å². The summed E-state index contributed by atoms with van der Waals surface area (Å²) >= 11 is 0. The van der Waals surface area contributed by atoms with E-state index in [0.717, 1.165) is 49.7 Å². The molecule has 2 saturated carbocycles. The van der Waals surface area contributed by atoms with Gasteiger partial charge in [0.2, 0.25) is 5.91 Å². The second-order valence-corrected chi connectivity index (χ2v) is 10.2. The number of benzene rings is 2. The number of carboxylic acids is 1. The van der Waals surface area contributed by atoms with Gasteiger partial charge in [-0.25, -0.2) is 4.79 Å². The first-order valence-electron chi connectivity index (χ1n) is 12.6. The molecule has 2 fully saturated rings. The van der Waals surface area contributed by atoms with Crippen molar-refractivity contribution in [1.82, 2.24) is 10.6 Å². The minimum Gasteiger partial charge on any atom is -0.481 e. The molecule has 2 aromatic carbocycles. The number of carbonyl (C=O) groups excluding carboxylic acids is 2. The lowest BCUT2D eigenvalue weighted by atomic mass is 9.82. The molecule has 2 atom stereocenters. The van der Waals surface area contributed by atoms with Gasteiger partial charge in [-0.15, -0.1) is 0 Å². The Balaban J connectivity index is 1.15. The molecule has 7 heteroatoms. The highest BCUT2D eigenvalue weighted by molar-refractivity contribution is 5.81. The van der Waals surface area contributed by atoms with Crippen LogP contribution in [0.2, 0.25) is 0 Å². The zero-order chi connectivity index (χ0) is 24.4. The molecule has 0 bridgehead atoms. The Hall–Kier alpha value is -3.35. The van der Waals surface area contributed by atoms with Crippen LogP contribution in [0.1, 0.15) is 68.4 Å². The standard InChI is InChI=1S/C28H32N2O5/c31-25(29-24-12-6-1-7-18(24)15-26(32)33)16-28(13-14-28)30-27(34)35-17-23-21-10-4-2-8-19(21)20-9-3-5-11-22(20)23/h2-5,8-11,18,23-24H,1,6-7,12-17H2,(H,29,31)(H,30,34)(H,32,33)/t18-,24-/m1/s1. The third-order valence-electron chi connectivity index (χ3n) is 7.76. The van der Waals surface area contributed by atoms with Crippen LogP contribution < -0.4 is 10.6 Å². The van der Waals surface area contributed by atoms with Crippen LogP contribution in [-0.2, 0) is 14.3 Å². The maximum absolute atomic E-state index is 12.8. The van der Waals surface area contributed by atoms with Gasteiger partial charge < -0.3 is 20.5 Å². The number of fused-ring (bicyclic) bond motifs is 3. The fraction of sp³-hybridized carbons (Fsp3) is 0.464. The summed E-state index contributed by atoms with van der Waals surface area (Å²) in [6.07, 6.45) is 4.83. The van der Waals surface area contributed by atoms with E-state index in [0.29, 0.717) is 0 Å². The molecule has 3 aliphatic rings. The number of rotatable bonds is 8. The molecule has 35 heavy (non-hydrogen) atoms. The van der Waals surface area contributed by atoms with E-state index in [2.05, 4.69) is 34.9 Å². The molecule has 0 aromatic heterocycles. The first-order chi connectivity index (χ1) is 16.9. The Morgan fingerprint density at radius 2 is 1.57 bits per heavy atom. The van der Waals surface area contributed by atoms with Gasteiger partial charge >= 0.3 is 12.1 Å². The minimum absolute atomic E-state index is 0.0101. The van der Waals surface area contributed by atoms with Gasteiger partial charge in [0.15, 0.2) is 0 Å². The molecule has 2 amide bonds.